The van der Waals surface area contributed by atoms with Crippen LogP contribution in [0.25, 0.3) is 0 Å². The molecule has 10 heavy (non-hydrogen) atoms. The molecule has 2 heteroatoms. The molecule has 0 aromatic rings. The molecule has 0 bridgehead atoms. The van der Waals surface area contributed by atoms with Gasteiger partial charge in [0.05, 0.1) is 12.9 Å². The Morgan fingerprint density at radius 1 is 1.30 bits per heavy atom. The summed E-state index contributed by atoms with van der Waals surface area (Å²) < 4.78 is 5.23. The molecule has 0 aliphatic carbocycles. The molecule has 1 N–H and O–H groups in total. The van der Waals surface area contributed by atoms with Crippen molar-refractivity contribution < 1.29 is 4.74 Å². The molecule has 1 spiro atoms. The van der Waals surface area contributed by atoms with E-state index in [1.165, 1.54) is 12.8 Å². The first-order chi connectivity index (χ1) is 4.91. The van der Waals surface area contributed by atoms with E-state index < -0.39 is 0 Å². The van der Waals surface area contributed by atoms with Gasteiger partial charge in [-0.2, -0.15) is 0 Å². The Kier molecular flexibility index (Phi) is 1.42. The Balaban J connectivity index is 2.05. The van der Waals surface area contributed by atoms with E-state index in [0.29, 0.717) is 5.41 Å². The largest absolute Gasteiger partial charge is 0.501 e. The molecule has 1 fully saturated rings. The molecule has 0 aromatic heterocycles. The molecular formula is C8H13NO. The maximum absolute atomic E-state index is 5.23. The van der Waals surface area contributed by atoms with Crippen molar-refractivity contribution >= 4 is 0 Å². The highest BCUT2D eigenvalue weighted by molar-refractivity contribution is 5.04. The molecule has 0 amide bonds. The van der Waals surface area contributed by atoms with Gasteiger partial charge in [-0.25, -0.2) is 0 Å². The Morgan fingerprint density at radius 2 is 2.10 bits per heavy atom. The Labute approximate surface area is 61.3 Å². The molecule has 0 unspecified atom stereocenters. The van der Waals surface area contributed by atoms with Gasteiger partial charge in [0, 0.05) is 5.41 Å². The van der Waals surface area contributed by atoms with Gasteiger partial charge < -0.3 is 10.1 Å². The smallest absolute Gasteiger partial charge is 0.0965 e. The van der Waals surface area contributed by atoms with Crippen molar-refractivity contribution in [3.63, 3.8) is 0 Å². The fourth-order valence-corrected chi connectivity index (χ4v) is 1.69. The Morgan fingerprint density at radius 3 is 2.70 bits per heavy atom. The fourth-order valence-electron chi connectivity index (χ4n) is 1.69. The van der Waals surface area contributed by atoms with Crippen LogP contribution in [0.5, 0.6) is 0 Å². The van der Waals surface area contributed by atoms with Crippen molar-refractivity contribution in [3.05, 3.63) is 12.3 Å². The van der Waals surface area contributed by atoms with Gasteiger partial charge in [0.1, 0.15) is 0 Å². The Hall–Kier alpha value is -0.500. The second-order valence-corrected chi connectivity index (χ2v) is 3.23. The highest BCUT2D eigenvalue weighted by Crippen LogP contribution is 2.34. The highest BCUT2D eigenvalue weighted by atomic mass is 16.5. The summed E-state index contributed by atoms with van der Waals surface area (Å²) in [4.78, 5) is 0. The predicted molar refractivity (Wildman–Crippen MR) is 39.6 cm³/mol. The average Bonchev–Trinajstić information content (AvgIpc) is 2.39. The van der Waals surface area contributed by atoms with Gasteiger partial charge >= 0.3 is 0 Å². The molecule has 2 aliphatic heterocycles. The summed E-state index contributed by atoms with van der Waals surface area (Å²) in [6, 6.07) is 0. The van der Waals surface area contributed by atoms with E-state index in [0.717, 1.165) is 19.7 Å². The van der Waals surface area contributed by atoms with Crippen molar-refractivity contribution in [2.24, 2.45) is 5.41 Å². The molecule has 1 saturated heterocycles. The van der Waals surface area contributed by atoms with E-state index in [1.54, 1.807) is 0 Å². The van der Waals surface area contributed by atoms with Crippen LogP contribution in [-0.2, 0) is 4.74 Å². The lowest BCUT2D eigenvalue weighted by Gasteiger charge is -2.30. The molecule has 0 saturated carbocycles. The van der Waals surface area contributed by atoms with Crippen LogP contribution < -0.4 is 5.32 Å². The van der Waals surface area contributed by atoms with E-state index in [-0.39, 0.29) is 0 Å². The third-order valence-electron chi connectivity index (χ3n) is 2.49. The topological polar surface area (TPSA) is 21.3 Å². The minimum Gasteiger partial charge on any atom is -0.501 e. The lowest BCUT2D eigenvalue weighted by Crippen LogP contribution is -2.36. The minimum absolute atomic E-state index is 0.408. The van der Waals surface area contributed by atoms with Gasteiger partial charge in [0.25, 0.3) is 0 Å². The molecule has 0 aromatic carbocycles. The number of nitrogens with one attached hydrogen (secondary N) is 1. The lowest BCUT2D eigenvalue weighted by atomic mass is 9.81. The van der Waals surface area contributed by atoms with Crippen LogP contribution in [0.1, 0.15) is 12.8 Å². The zero-order valence-electron chi connectivity index (χ0n) is 6.10. The number of hydrogen-bond acceptors (Lipinski definition) is 2. The van der Waals surface area contributed by atoms with Gasteiger partial charge in [-0.05, 0) is 32.0 Å². The number of rotatable bonds is 0. The van der Waals surface area contributed by atoms with E-state index in [1.807, 2.05) is 6.26 Å². The fraction of sp³-hybridized carbons (Fsp3) is 0.750. The molecule has 2 rings (SSSR count). The lowest BCUT2D eigenvalue weighted by molar-refractivity contribution is 0.153. The molecule has 2 heterocycles. The summed E-state index contributed by atoms with van der Waals surface area (Å²) >= 11 is 0. The first kappa shape index (κ1) is 6.23. The van der Waals surface area contributed by atoms with Crippen molar-refractivity contribution in [2.45, 2.75) is 12.8 Å². The van der Waals surface area contributed by atoms with Crippen molar-refractivity contribution in [3.8, 4) is 0 Å². The molecule has 2 aliphatic rings. The van der Waals surface area contributed by atoms with Gasteiger partial charge in [-0.15, -0.1) is 0 Å². The Bertz CT molecular complexity index is 147. The molecule has 0 radical (unpaired) electrons. The van der Waals surface area contributed by atoms with Crippen LogP contribution in [0.15, 0.2) is 12.3 Å². The van der Waals surface area contributed by atoms with E-state index in [4.69, 9.17) is 4.74 Å². The van der Waals surface area contributed by atoms with Crippen LogP contribution in [0.3, 0.4) is 0 Å². The van der Waals surface area contributed by atoms with Crippen LogP contribution in [0.4, 0.5) is 0 Å². The summed E-state index contributed by atoms with van der Waals surface area (Å²) in [7, 11) is 0. The summed E-state index contributed by atoms with van der Waals surface area (Å²) in [6.45, 7) is 3.20. The zero-order chi connectivity index (χ0) is 6.86. The number of piperidine rings is 1. The van der Waals surface area contributed by atoms with E-state index >= 15 is 0 Å². The number of ether oxygens (including phenoxy) is 1. The average molecular weight is 139 g/mol. The van der Waals surface area contributed by atoms with E-state index in [9.17, 15) is 0 Å². The second kappa shape index (κ2) is 2.27. The van der Waals surface area contributed by atoms with Gasteiger partial charge in [0.15, 0.2) is 0 Å². The minimum atomic E-state index is 0.408. The molecular weight excluding hydrogens is 126 g/mol. The molecule has 2 nitrogen and oxygen atoms in total. The normalized spacial score (nSPS) is 28.8. The quantitative estimate of drug-likeness (QED) is 0.538. The molecule has 0 atom stereocenters. The SMILES string of the molecule is C1=CC2(CCNCC2)CO1. The van der Waals surface area contributed by atoms with Gasteiger partial charge in [0.2, 0.25) is 0 Å². The monoisotopic (exact) mass is 139 g/mol. The first-order valence-electron chi connectivity index (χ1n) is 3.91. The van der Waals surface area contributed by atoms with Crippen molar-refractivity contribution in [2.75, 3.05) is 19.7 Å². The maximum atomic E-state index is 5.23. The predicted octanol–water partition coefficient (Wildman–Crippen LogP) is 0.900. The van der Waals surface area contributed by atoms with Crippen molar-refractivity contribution in [1.29, 1.82) is 0 Å². The van der Waals surface area contributed by atoms with Crippen LogP contribution in [0, 0.1) is 5.41 Å². The maximum Gasteiger partial charge on any atom is 0.0965 e. The van der Waals surface area contributed by atoms with Crippen molar-refractivity contribution in [1.82, 2.24) is 5.32 Å². The van der Waals surface area contributed by atoms with E-state index in [2.05, 4.69) is 11.4 Å². The summed E-state index contributed by atoms with van der Waals surface area (Å²) in [5, 5.41) is 3.35. The highest BCUT2D eigenvalue weighted by Gasteiger charge is 2.32. The standard InChI is InChI=1S/C8H13NO/c1-4-9-5-2-8(1)3-6-10-7-8/h3,6,9H,1-2,4-5,7H2. The molecule has 56 valence electrons. The van der Waals surface area contributed by atoms with Gasteiger partial charge in [-0.1, -0.05) is 0 Å². The van der Waals surface area contributed by atoms with Gasteiger partial charge in [-0.3, -0.25) is 0 Å². The first-order valence-corrected chi connectivity index (χ1v) is 3.91. The second-order valence-electron chi connectivity index (χ2n) is 3.23. The van der Waals surface area contributed by atoms with Crippen LogP contribution >= 0.6 is 0 Å². The third kappa shape index (κ3) is 0.926. The van der Waals surface area contributed by atoms with Crippen LogP contribution in [0.2, 0.25) is 0 Å². The zero-order valence-corrected chi connectivity index (χ0v) is 6.10. The number of hydrogen-bond donors (Lipinski definition) is 1. The summed E-state index contributed by atoms with van der Waals surface area (Å²) in [5.74, 6) is 0. The van der Waals surface area contributed by atoms with Crippen LogP contribution in [-0.4, -0.2) is 19.7 Å². The third-order valence-corrected chi connectivity index (χ3v) is 2.49. The summed E-state index contributed by atoms with van der Waals surface area (Å²) in [6.07, 6.45) is 6.56. The summed E-state index contributed by atoms with van der Waals surface area (Å²) in [5.41, 5.74) is 0.408.